The molecule has 0 unspecified atom stereocenters. The first kappa shape index (κ1) is 7.22. The maximum Gasteiger partial charge on any atom is 0.150 e. The van der Waals surface area contributed by atoms with E-state index in [1.807, 2.05) is 6.92 Å². The minimum atomic E-state index is 0.450. The molecule has 0 atom stereocenters. The number of aromatic nitrogens is 2. The van der Waals surface area contributed by atoms with Crippen molar-refractivity contribution in [3.05, 3.63) is 29.3 Å². The molecule has 0 aromatic carbocycles. The lowest BCUT2D eigenvalue weighted by Gasteiger charge is -1.95. The molecule has 0 aliphatic heterocycles. The monoisotopic (exact) mass is 154 g/mol. The molecule has 0 spiro atoms. The first-order valence-electron chi connectivity index (χ1n) is 2.85. The molecular weight excluding hydrogens is 148 g/mol. The van der Waals surface area contributed by atoms with Crippen LogP contribution in [0.5, 0.6) is 0 Å². The highest BCUT2D eigenvalue weighted by molar-refractivity contribution is 6.29. The van der Waals surface area contributed by atoms with Crippen molar-refractivity contribution in [2.45, 2.75) is 6.92 Å². The summed E-state index contributed by atoms with van der Waals surface area (Å²) in [6, 6.07) is 0. The van der Waals surface area contributed by atoms with Crippen LogP contribution in [0.4, 0.5) is 0 Å². The number of hydrogen-bond donors (Lipinski definition) is 0. The first-order valence-corrected chi connectivity index (χ1v) is 3.23. The van der Waals surface area contributed by atoms with Gasteiger partial charge in [-0.25, -0.2) is 9.97 Å². The second-order valence-electron chi connectivity index (χ2n) is 1.88. The SMILES string of the molecule is C=Cc1cnc(Cl)c(C)n1. The molecule has 1 aromatic rings. The molecule has 0 radical (unpaired) electrons. The van der Waals surface area contributed by atoms with Gasteiger partial charge in [-0.3, -0.25) is 0 Å². The van der Waals surface area contributed by atoms with Gasteiger partial charge in [-0.15, -0.1) is 0 Å². The van der Waals surface area contributed by atoms with Crippen molar-refractivity contribution < 1.29 is 0 Å². The quantitative estimate of drug-likeness (QED) is 0.619. The van der Waals surface area contributed by atoms with Crippen LogP contribution < -0.4 is 0 Å². The molecule has 0 aliphatic carbocycles. The average Bonchev–Trinajstić information content (AvgIpc) is 1.95. The van der Waals surface area contributed by atoms with Gasteiger partial charge in [0.15, 0.2) is 0 Å². The van der Waals surface area contributed by atoms with Gasteiger partial charge >= 0.3 is 0 Å². The van der Waals surface area contributed by atoms with E-state index in [1.165, 1.54) is 0 Å². The second kappa shape index (κ2) is 2.80. The van der Waals surface area contributed by atoms with Crippen molar-refractivity contribution in [1.29, 1.82) is 0 Å². The lowest BCUT2D eigenvalue weighted by molar-refractivity contribution is 1.10. The molecule has 10 heavy (non-hydrogen) atoms. The van der Waals surface area contributed by atoms with Gasteiger partial charge in [-0.1, -0.05) is 18.2 Å². The summed E-state index contributed by atoms with van der Waals surface area (Å²) in [6.45, 7) is 5.36. The molecular formula is C7H7ClN2. The zero-order valence-corrected chi connectivity index (χ0v) is 6.39. The normalized spacial score (nSPS) is 9.40. The van der Waals surface area contributed by atoms with E-state index in [4.69, 9.17) is 11.6 Å². The molecule has 2 nitrogen and oxygen atoms in total. The van der Waals surface area contributed by atoms with E-state index in [0.29, 0.717) is 5.15 Å². The smallest absolute Gasteiger partial charge is 0.150 e. The van der Waals surface area contributed by atoms with Crippen LogP contribution >= 0.6 is 11.6 Å². The second-order valence-corrected chi connectivity index (χ2v) is 2.23. The number of halogens is 1. The van der Waals surface area contributed by atoms with E-state index in [-0.39, 0.29) is 0 Å². The zero-order chi connectivity index (χ0) is 7.56. The molecule has 0 saturated carbocycles. The van der Waals surface area contributed by atoms with Gasteiger partial charge in [-0.05, 0) is 13.0 Å². The Morgan fingerprint density at radius 1 is 1.70 bits per heavy atom. The number of rotatable bonds is 1. The molecule has 1 heterocycles. The minimum absolute atomic E-state index is 0.450. The van der Waals surface area contributed by atoms with Crippen LogP contribution in [0.2, 0.25) is 5.15 Å². The average molecular weight is 155 g/mol. The highest BCUT2D eigenvalue weighted by atomic mass is 35.5. The highest BCUT2D eigenvalue weighted by Gasteiger charge is 1.95. The Balaban J connectivity index is 3.16. The topological polar surface area (TPSA) is 25.8 Å². The fourth-order valence-corrected chi connectivity index (χ4v) is 0.674. The Bertz CT molecular complexity index is 258. The summed E-state index contributed by atoms with van der Waals surface area (Å²) in [5, 5.41) is 0.450. The van der Waals surface area contributed by atoms with E-state index in [9.17, 15) is 0 Å². The molecule has 0 fully saturated rings. The van der Waals surface area contributed by atoms with Gasteiger partial charge in [0, 0.05) is 0 Å². The van der Waals surface area contributed by atoms with Crippen molar-refractivity contribution in [3.8, 4) is 0 Å². The van der Waals surface area contributed by atoms with Crippen molar-refractivity contribution >= 4 is 17.7 Å². The lowest BCUT2D eigenvalue weighted by Crippen LogP contribution is -1.88. The third kappa shape index (κ3) is 1.33. The summed E-state index contributed by atoms with van der Waals surface area (Å²) in [5.74, 6) is 0. The fourth-order valence-electron chi connectivity index (χ4n) is 0.583. The highest BCUT2D eigenvalue weighted by Crippen LogP contribution is 2.08. The largest absolute Gasteiger partial charge is 0.249 e. The summed E-state index contributed by atoms with van der Waals surface area (Å²) >= 11 is 5.63. The van der Waals surface area contributed by atoms with E-state index in [0.717, 1.165) is 11.4 Å². The molecule has 52 valence electrons. The Labute approximate surface area is 64.6 Å². The van der Waals surface area contributed by atoms with Crippen molar-refractivity contribution in [2.75, 3.05) is 0 Å². The molecule has 0 N–H and O–H groups in total. The van der Waals surface area contributed by atoms with Crippen LogP contribution in [0.1, 0.15) is 11.4 Å². The van der Waals surface area contributed by atoms with Gasteiger partial charge < -0.3 is 0 Å². The molecule has 3 heteroatoms. The zero-order valence-electron chi connectivity index (χ0n) is 5.63. The third-order valence-corrected chi connectivity index (χ3v) is 1.49. The summed E-state index contributed by atoms with van der Waals surface area (Å²) in [6.07, 6.45) is 3.22. The van der Waals surface area contributed by atoms with E-state index >= 15 is 0 Å². The molecule has 0 bridgehead atoms. The van der Waals surface area contributed by atoms with Gasteiger partial charge in [0.05, 0.1) is 17.6 Å². The Morgan fingerprint density at radius 3 is 2.90 bits per heavy atom. The van der Waals surface area contributed by atoms with Gasteiger partial charge in [0.1, 0.15) is 5.15 Å². The van der Waals surface area contributed by atoms with Gasteiger partial charge in [0.25, 0.3) is 0 Å². The first-order chi connectivity index (χ1) is 4.74. The predicted molar refractivity (Wildman–Crippen MR) is 41.9 cm³/mol. The van der Waals surface area contributed by atoms with Crippen LogP contribution in [0.3, 0.4) is 0 Å². The number of hydrogen-bond acceptors (Lipinski definition) is 2. The molecule has 1 rings (SSSR count). The Kier molecular flexibility index (Phi) is 2.02. The summed E-state index contributed by atoms with van der Waals surface area (Å²) < 4.78 is 0. The van der Waals surface area contributed by atoms with Crippen molar-refractivity contribution in [1.82, 2.24) is 9.97 Å². The Morgan fingerprint density at radius 2 is 2.40 bits per heavy atom. The molecule has 0 amide bonds. The predicted octanol–water partition coefficient (Wildman–Crippen LogP) is 2.08. The molecule has 1 aromatic heterocycles. The van der Waals surface area contributed by atoms with E-state index in [1.54, 1.807) is 12.3 Å². The minimum Gasteiger partial charge on any atom is -0.249 e. The Hall–Kier alpha value is -0.890. The van der Waals surface area contributed by atoms with Crippen molar-refractivity contribution in [3.63, 3.8) is 0 Å². The molecule has 0 aliphatic rings. The standard InChI is InChI=1S/C7H7ClN2/c1-3-6-4-9-7(8)5(2)10-6/h3-4H,1H2,2H3. The van der Waals surface area contributed by atoms with E-state index < -0.39 is 0 Å². The summed E-state index contributed by atoms with van der Waals surface area (Å²) in [5.41, 5.74) is 1.49. The van der Waals surface area contributed by atoms with Gasteiger partial charge in [0.2, 0.25) is 0 Å². The summed E-state index contributed by atoms with van der Waals surface area (Å²) in [4.78, 5) is 7.96. The number of aryl methyl sites for hydroxylation is 1. The van der Waals surface area contributed by atoms with Crippen LogP contribution in [0.25, 0.3) is 6.08 Å². The van der Waals surface area contributed by atoms with E-state index in [2.05, 4.69) is 16.5 Å². The van der Waals surface area contributed by atoms with Crippen LogP contribution in [0, 0.1) is 6.92 Å². The third-order valence-electron chi connectivity index (χ3n) is 1.11. The molecule has 0 saturated heterocycles. The van der Waals surface area contributed by atoms with Gasteiger partial charge in [-0.2, -0.15) is 0 Å². The van der Waals surface area contributed by atoms with Crippen LogP contribution in [-0.2, 0) is 0 Å². The fraction of sp³-hybridized carbons (Fsp3) is 0.143. The lowest BCUT2D eigenvalue weighted by atomic mass is 10.4. The van der Waals surface area contributed by atoms with Crippen LogP contribution in [-0.4, -0.2) is 9.97 Å². The maximum absolute atomic E-state index is 5.63. The summed E-state index contributed by atoms with van der Waals surface area (Å²) in [7, 11) is 0. The number of nitrogens with zero attached hydrogens (tertiary/aromatic N) is 2. The van der Waals surface area contributed by atoms with Crippen LogP contribution in [0.15, 0.2) is 12.8 Å². The maximum atomic E-state index is 5.63. The van der Waals surface area contributed by atoms with Crippen molar-refractivity contribution in [2.24, 2.45) is 0 Å².